The van der Waals surface area contributed by atoms with Gasteiger partial charge in [-0.1, -0.05) is 18.2 Å². The number of halogens is 1. The molecule has 0 atom stereocenters. The van der Waals surface area contributed by atoms with Gasteiger partial charge in [0.15, 0.2) is 0 Å². The summed E-state index contributed by atoms with van der Waals surface area (Å²) in [5, 5.41) is 0. The van der Waals surface area contributed by atoms with E-state index in [4.69, 9.17) is 8.92 Å². The van der Waals surface area contributed by atoms with Crippen LogP contribution in [0.2, 0.25) is 0 Å². The molecule has 0 aliphatic carbocycles. The summed E-state index contributed by atoms with van der Waals surface area (Å²) in [6.07, 6.45) is 0.730. The molecule has 112 valence electrons. The summed E-state index contributed by atoms with van der Waals surface area (Å²) >= 11 is 0. The van der Waals surface area contributed by atoms with Crippen LogP contribution < -0.4 is 4.18 Å². The van der Waals surface area contributed by atoms with Gasteiger partial charge in [-0.25, -0.2) is 4.39 Å². The molecule has 0 saturated heterocycles. The Balaban J connectivity index is 2.13. The third-order valence-electron chi connectivity index (χ3n) is 2.81. The van der Waals surface area contributed by atoms with E-state index in [-0.39, 0.29) is 10.6 Å². The summed E-state index contributed by atoms with van der Waals surface area (Å²) in [7, 11) is -2.42. The van der Waals surface area contributed by atoms with E-state index in [1.807, 2.05) is 0 Å². The van der Waals surface area contributed by atoms with E-state index in [9.17, 15) is 12.8 Å². The van der Waals surface area contributed by atoms with Crippen molar-refractivity contribution in [3.05, 3.63) is 59.9 Å². The van der Waals surface area contributed by atoms with E-state index < -0.39 is 15.9 Å². The summed E-state index contributed by atoms with van der Waals surface area (Å²) in [4.78, 5) is -0.217. The van der Waals surface area contributed by atoms with Crippen LogP contribution in [-0.4, -0.2) is 22.1 Å². The third kappa shape index (κ3) is 4.27. The van der Waals surface area contributed by atoms with Crippen LogP contribution in [0.3, 0.4) is 0 Å². The van der Waals surface area contributed by atoms with Crippen LogP contribution in [0.25, 0.3) is 0 Å². The van der Waals surface area contributed by atoms with Crippen molar-refractivity contribution in [1.29, 1.82) is 0 Å². The van der Waals surface area contributed by atoms with Crippen LogP contribution in [0.15, 0.2) is 53.4 Å². The molecule has 0 amide bonds. The van der Waals surface area contributed by atoms with Crippen molar-refractivity contribution in [1.82, 2.24) is 0 Å². The highest BCUT2D eigenvalue weighted by Gasteiger charge is 2.17. The Bertz CT molecular complexity index is 696. The molecule has 0 radical (unpaired) electrons. The Kier molecular flexibility index (Phi) is 4.93. The first kappa shape index (κ1) is 15.5. The largest absolute Gasteiger partial charge is 0.384 e. The first-order valence-electron chi connectivity index (χ1n) is 6.29. The van der Waals surface area contributed by atoms with Crippen molar-refractivity contribution in [2.45, 2.75) is 11.3 Å². The van der Waals surface area contributed by atoms with Crippen molar-refractivity contribution in [2.24, 2.45) is 0 Å². The van der Waals surface area contributed by atoms with Crippen LogP contribution >= 0.6 is 0 Å². The third-order valence-corrected chi connectivity index (χ3v) is 4.05. The number of hydrogen-bond donors (Lipinski definition) is 0. The van der Waals surface area contributed by atoms with Gasteiger partial charge in [0.05, 0.1) is 6.61 Å². The topological polar surface area (TPSA) is 52.6 Å². The van der Waals surface area contributed by atoms with E-state index in [1.54, 1.807) is 31.4 Å². The van der Waals surface area contributed by atoms with Crippen LogP contribution in [0.5, 0.6) is 5.75 Å². The molecule has 0 fully saturated rings. The smallest absolute Gasteiger partial charge is 0.339 e. The molecule has 2 aromatic carbocycles. The zero-order chi connectivity index (χ0) is 15.3. The van der Waals surface area contributed by atoms with Gasteiger partial charge in [-0.15, -0.1) is 0 Å². The van der Waals surface area contributed by atoms with Crippen molar-refractivity contribution in [3.63, 3.8) is 0 Å². The second-order valence-corrected chi connectivity index (χ2v) is 5.93. The van der Waals surface area contributed by atoms with Crippen LogP contribution in [-0.2, 0) is 21.3 Å². The lowest BCUT2D eigenvalue weighted by Crippen LogP contribution is -2.10. The van der Waals surface area contributed by atoms with Crippen molar-refractivity contribution in [3.8, 4) is 5.75 Å². The Morgan fingerprint density at radius 2 is 1.81 bits per heavy atom. The fourth-order valence-corrected chi connectivity index (χ4v) is 2.69. The molecule has 0 aliphatic heterocycles. The molecule has 0 aromatic heterocycles. The van der Waals surface area contributed by atoms with Gasteiger partial charge >= 0.3 is 10.1 Å². The zero-order valence-corrected chi connectivity index (χ0v) is 12.3. The fourth-order valence-electron chi connectivity index (χ4n) is 1.73. The maximum atomic E-state index is 13.1. The average molecular weight is 310 g/mol. The first-order chi connectivity index (χ1) is 10.0. The highest BCUT2D eigenvalue weighted by molar-refractivity contribution is 7.87. The van der Waals surface area contributed by atoms with E-state index in [1.165, 1.54) is 18.2 Å². The second-order valence-electron chi connectivity index (χ2n) is 4.38. The van der Waals surface area contributed by atoms with Crippen molar-refractivity contribution in [2.75, 3.05) is 13.7 Å². The summed E-state index contributed by atoms with van der Waals surface area (Å²) in [6, 6.07) is 11.3. The zero-order valence-electron chi connectivity index (χ0n) is 11.5. The van der Waals surface area contributed by atoms with Gasteiger partial charge in [-0.2, -0.15) is 8.42 Å². The second kappa shape index (κ2) is 6.69. The number of benzene rings is 2. The predicted molar refractivity (Wildman–Crippen MR) is 76.2 cm³/mol. The molecule has 0 spiro atoms. The normalized spacial score (nSPS) is 11.3. The van der Waals surface area contributed by atoms with Gasteiger partial charge in [0.25, 0.3) is 0 Å². The van der Waals surface area contributed by atoms with E-state index >= 15 is 0 Å². The molecule has 0 N–H and O–H groups in total. The lowest BCUT2D eigenvalue weighted by atomic mass is 10.1. The molecule has 0 heterocycles. The van der Waals surface area contributed by atoms with Crippen molar-refractivity contribution >= 4 is 10.1 Å². The highest BCUT2D eigenvalue weighted by Crippen LogP contribution is 2.20. The number of hydrogen-bond acceptors (Lipinski definition) is 4. The fraction of sp³-hybridized carbons (Fsp3) is 0.200. The molecule has 2 rings (SSSR count). The van der Waals surface area contributed by atoms with Gasteiger partial charge in [-0.3, -0.25) is 0 Å². The highest BCUT2D eigenvalue weighted by atomic mass is 32.2. The quantitative estimate of drug-likeness (QED) is 0.770. The van der Waals surface area contributed by atoms with Gasteiger partial charge in [0, 0.05) is 7.11 Å². The van der Waals surface area contributed by atoms with Crippen molar-refractivity contribution < 1.29 is 21.7 Å². The van der Waals surface area contributed by atoms with Crippen LogP contribution in [0, 0.1) is 5.82 Å². The van der Waals surface area contributed by atoms with Gasteiger partial charge in [0.2, 0.25) is 0 Å². The Morgan fingerprint density at radius 3 is 2.43 bits per heavy atom. The summed E-state index contributed by atoms with van der Waals surface area (Å²) in [6.45, 7) is 0.585. The molecular formula is C15H15FO4S. The Labute approximate surface area is 123 Å². The van der Waals surface area contributed by atoms with Gasteiger partial charge in [-0.05, 0) is 42.3 Å². The van der Waals surface area contributed by atoms with E-state index in [2.05, 4.69) is 0 Å². The van der Waals surface area contributed by atoms with Gasteiger partial charge in [0.1, 0.15) is 16.5 Å². The lowest BCUT2D eigenvalue weighted by Gasteiger charge is -2.08. The maximum absolute atomic E-state index is 13.1. The van der Waals surface area contributed by atoms with E-state index in [0.717, 1.165) is 18.1 Å². The first-order valence-corrected chi connectivity index (χ1v) is 7.70. The number of rotatable bonds is 6. The molecule has 0 saturated carbocycles. The maximum Gasteiger partial charge on any atom is 0.339 e. The molecule has 4 nitrogen and oxygen atoms in total. The Morgan fingerprint density at radius 1 is 1.10 bits per heavy atom. The molecule has 21 heavy (non-hydrogen) atoms. The molecule has 0 bridgehead atoms. The monoisotopic (exact) mass is 310 g/mol. The van der Waals surface area contributed by atoms with Gasteiger partial charge < -0.3 is 8.92 Å². The standard InChI is InChI=1S/C15H15FO4S/c1-19-10-9-12-5-7-14(8-6-12)20-21(17,18)15-4-2-3-13(16)11-15/h2-8,11H,9-10H2,1H3. The van der Waals surface area contributed by atoms with E-state index in [0.29, 0.717) is 6.61 Å². The minimum absolute atomic E-state index is 0.181. The SMILES string of the molecule is COCCc1ccc(OS(=O)(=O)c2cccc(F)c2)cc1. The molecule has 2 aromatic rings. The summed E-state index contributed by atoms with van der Waals surface area (Å²) < 4.78 is 47.0. The van der Waals surface area contributed by atoms with Crippen LogP contribution in [0.1, 0.15) is 5.56 Å². The minimum Gasteiger partial charge on any atom is -0.384 e. The average Bonchev–Trinajstić information content (AvgIpc) is 2.46. The molecule has 6 heteroatoms. The minimum atomic E-state index is -4.03. The number of methoxy groups -OCH3 is 1. The lowest BCUT2D eigenvalue weighted by molar-refractivity contribution is 0.202. The molecule has 0 aliphatic rings. The summed E-state index contributed by atoms with van der Waals surface area (Å²) in [5.41, 5.74) is 1.01. The molecular weight excluding hydrogens is 295 g/mol. The Hall–Kier alpha value is -1.92. The van der Waals surface area contributed by atoms with Crippen LogP contribution in [0.4, 0.5) is 4.39 Å². The number of ether oxygens (including phenoxy) is 1. The summed E-state index contributed by atoms with van der Waals surface area (Å²) in [5.74, 6) is -0.449. The predicted octanol–water partition coefficient (Wildman–Crippen LogP) is 2.78. The molecule has 0 unspecified atom stereocenters.